The fourth-order valence-corrected chi connectivity index (χ4v) is 2.45. The Morgan fingerprint density at radius 3 is 2.94 bits per heavy atom. The lowest BCUT2D eigenvalue weighted by molar-refractivity contribution is -0.141. The molecule has 1 N–H and O–H groups in total. The summed E-state index contributed by atoms with van der Waals surface area (Å²) < 4.78 is 5.17. The smallest absolute Gasteiger partial charge is 0.306 e. The molecular formula is C13H16O3. The van der Waals surface area contributed by atoms with Crippen molar-refractivity contribution in [2.24, 2.45) is 5.92 Å². The molecule has 0 unspecified atom stereocenters. The lowest BCUT2D eigenvalue weighted by Gasteiger charge is -2.16. The molecule has 86 valence electrons. The molecule has 0 saturated heterocycles. The van der Waals surface area contributed by atoms with E-state index < -0.39 is 5.97 Å². The second-order valence-corrected chi connectivity index (χ2v) is 4.34. The van der Waals surface area contributed by atoms with Gasteiger partial charge < -0.3 is 9.84 Å². The minimum atomic E-state index is -0.714. The largest absolute Gasteiger partial charge is 0.497 e. The van der Waals surface area contributed by atoms with Gasteiger partial charge in [0.1, 0.15) is 5.75 Å². The van der Waals surface area contributed by atoms with E-state index in [0.29, 0.717) is 0 Å². The zero-order chi connectivity index (χ0) is 11.7. The molecular weight excluding hydrogens is 204 g/mol. The molecule has 0 bridgehead atoms. The Balaban J connectivity index is 2.30. The van der Waals surface area contributed by atoms with E-state index in [-0.39, 0.29) is 11.8 Å². The number of benzene rings is 1. The van der Waals surface area contributed by atoms with Crippen LogP contribution in [-0.4, -0.2) is 18.2 Å². The van der Waals surface area contributed by atoms with Gasteiger partial charge in [-0.25, -0.2) is 0 Å². The zero-order valence-corrected chi connectivity index (χ0v) is 9.56. The van der Waals surface area contributed by atoms with Crippen molar-refractivity contribution in [3.05, 3.63) is 29.3 Å². The van der Waals surface area contributed by atoms with Crippen LogP contribution in [0, 0.1) is 5.92 Å². The van der Waals surface area contributed by atoms with Crippen LogP contribution in [0.4, 0.5) is 0 Å². The van der Waals surface area contributed by atoms with Gasteiger partial charge in [-0.3, -0.25) is 4.79 Å². The molecule has 0 saturated carbocycles. The zero-order valence-electron chi connectivity index (χ0n) is 9.56. The van der Waals surface area contributed by atoms with Crippen LogP contribution in [0.5, 0.6) is 5.75 Å². The lowest BCUT2D eigenvalue weighted by atomic mass is 9.89. The van der Waals surface area contributed by atoms with Crippen LogP contribution in [0.3, 0.4) is 0 Å². The molecule has 2 rings (SSSR count). The second kappa shape index (κ2) is 4.16. The molecule has 0 aliphatic heterocycles. The average molecular weight is 220 g/mol. The molecule has 0 amide bonds. The van der Waals surface area contributed by atoms with Crippen molar-refractivity contribution in [3.8, 4) is 5.75 Å². The summed E-state index contributed by atoms with van der Waals surface area (Å²) in [5, 5.41) is 9.04. The van der Waals surface area contributed by atoms with E-state index in [0.717, 1.165) is 18.6 Å². The van der Waals surface area contributed by atoms with Crippen LogP contribution in [0.25, 0.3) is 0 Å². The summed E-state index contributed by atoms with van der Waals surface area (Å²) in [7, 11) is 1.65. The summed E-state index contributed by atoms with van der Waals surface area (Å²) in [5.41, 5.74) is 2.41. The summed E-state index contributed by atoms with van der Waals surface area (Å²) >= 11 is 0. The lowest BCUT2D eigenvalue weighted by Crippen LogP contribution is -2.17. The molecule has 0 radical (unpaired) electrons. The third-order valence-electron chi connectivity index (χ3n) is 3.47. The van der Waals surface area contributed by atoms with Crippen LogP contribution < -0.4 is 4.74 Å². The molecule has 0 spiro atoms. The van der Waals surface area contributed by atoms with Crippen LogP contribution in [-0.2, 0) is 11.2 Å². The van der Waals surface area contributed by atoms with Gasteiger partial charge in [-0.15, -0.1) is 0 Å². The number of aliphatic carboxylic acids is 1. The minimum absolute atomic E-state index is 0.151. The fourth-order valence-electron chi connectivity index (χ4n) is 2.45. The number of aryl methyl sites for hydroxylation is 1. The molecule has 3 nitrogen and oxygen atoms in total. The Hall–Kier alpha value is -1.51. The number of fused-ring (bicyclic) bond motifs is 1. The van der Waals surface area contributed by atoms with E-state index in [1.54, 1.807) is 14.0 Å². The number of hydrogen-bond acceptors (Lipinski definition) is 2. The molecule has 2 atom stereocenters. The van der Waals surface area contributed by atoms with Crippen LogP contribution >= 0.6 is 0 Å². The topological polar surface area (TPSA) is 46.5 Å². The first-order valence-electron chi connectivity index (χ1n) is 5.53. The van der Waals surface area contributed by atoms with Gasteiger partial charge in [-0.1, -0.05) is 13.0 Å². The Bertz CT molecular complexity index is 412. The molecule has 1 aliphatic rings. The number of carboxylic acids is 1. The van der Waals surface area contributed by atoms with E-state index in [1.165, 1.54) is 11.1 Å². The normalized spacial score (nSPS) is 20.2. The number of ether oxygens (including phenoxy) is 1. The quantitative estimate of drug-likeness (QED) is 0.851. The van der Waals surface area contributed by atoms with Gasteiger partial charge in [0.05, 0.1) is 13.0 Å². The third-order valence-corrected chi connectivity index (χ3v) is 3.47. The molecule has 3 heteroatoms. The molecule has 1 aliphatic carbocycles. The molecule has 0 fully saturated rings. The van der Waals surface area contributed by atoms with Crippen LogP contribution in [0.1, 0.15) is 30.4 Å². The van der Waals surface area contributed by atoms with Gasteiger partial charge in [-0.2, -0.15) is 0 Å². The van der Waals surface area contributed by atoms with Gasteiger partial charge in [0.2, 0.25) is 0 Å². The second-order valence-electron chi connectivity index (χ2n) is 4.34. The molecule has 0 heterocycles. The molecule has 16 heavy (non-hydrogen) atoms. The van der Waals surface area contributed by atoms with Crippen LogP contribution in [0.2, 0.25) is 0 Å². The first-order valence-corrected chi connectivity index (χ1v) is 5.53. The van der Waals surface area contributed by atoms with E-state index in [4.69, 9.17) is 9.84 Å². The predicted octanol–water partition coefficient (Wildman–Crippen LogP) is 2.45. The summed E-state index contributed by atoms with van der Waals surface area (Å²) in [6.07, 6.45) is 1.88. The van der Waals surface area contributed by atoms with E-state index in [9.17, 15) is 4.79 Å². The minimum Gasteiger partial charge on any atom is -0.497 e. The van der Waals surface area contributed by atoms with Gasteiger partial charge in [0.25, 0.3) is 0 Å². The Morgan fingerprint density at radius 1 is 1.56 bits per heavy atom. The predicted molar refractivity (Wildman–Crippen MR) is 60.9 cm³/mol. The number of carbonyl (C=O) groups is 1. The van der Waals surface area contributed by atoms with Gasteiger partial charge in [0.15, 0.2) is 0 Å². The van der Waals surface area contributed by atoms with Crippen molar-refractivity contribution >= 4 is 5.97 Å². The summed E-state index contributed by atoms with van der Waals surface area (Å²) in [6.45, 7) is 1.78. The van der Waals surface area contributed by atoms with E-state index >= 15 is 0 Å². The van der Waals surface area contributed by atoms with Crippen molar-refractivity contribution < 1.29 is 14.6 Å². The van der Waals surface area contributed by atoms with Crippen LogP contribution in [0.15, 0.2) is 18.2 Å². The highest BCUT2D eigenvalue weighted by atomic mass is 16.5. The SMILES string of the molecule is COc1ccc2c(c1)CC[C@H]2[C@H](C)C(=O)O. The number of rotatable bonds is 3. The molecule has 1 aromatic carbocycles. The summed E-state index contributed by atoms with van der Waals surface area (Å²) in [6, 6.07) is 5.93. The first-order chi connectivity index (χ1) is 7.63. The maximum atomic E-state index is 11.0. The summed E-state index contributed by atoms with van der Waals surface area (Å²) in [5.74, 6) is -0.0240. The Kier molecular flexibility index (Phi) is 2.86. The van der Waals surface area contributed by atoms with Gasteiger partial charge in [0, 0.05) is 0 Å². The van der Waals surface area contributed by atoms with Crippen molar-refractivity contribution in [3.63, 3.8) is 0 Å². The van der Waals surface area contributed by atoms with E-state index in [1.807, 2.05) is 18.2 Å². The molecule has 1 aromatic rings. The first kappa shape index (κ1) is 11.0. The average Bonchev–Trinajstić information content (AvgIpc) is 2.70. The fraction of sp³-hybridized carbons (Fsp3) is 0.462. The summed E-state index contributed by atoms with van der Waals surface area (Å²) in [4.78, 5) is 11.0. The highest BCUT2D eigenvalue weighted by Crippen LogP contribution is 2.39. The van der Waals surface area contributed by atoms with Crippen molar-refractivity contribution in [1.29, 1.82) is 0 Å². The number of hydrogen-bond donors (Lipinski definition) is 1. The van der Waals surface area contributed by atoms with E-state index in [2.05, 4.69) is 0 Å². The van der Waals surface area contributed by atoms with Crippen molar-refractivity contribution in [2.75, 3.05) is 7.11 Å². The highest BCUT2D eigenvalue weighted by Gasteiger charge is 2.31. The molecule has 0 aromatic heterocycles. The maximum Gasteiger partial charge on any atom is 0.306 e. The highest BCUT2D eigenvalue weighted by molar-refractivity contribution is 5.71. The van der Waals surface area contributed by atoms with Gasteiger partial charge >= 0.3 is 5.97 Å². The maximum absolute atomic E-state index is 11.0. The van der Waals surface area contributed by atoms with Crippen molar-refractivity contribution in [2.45, 2.75) is 25.7 Å². The number of carboxylic acid groups (broad SMARTS) is 1. The van der Waals surface area contributed by atoms with Gasteiger partial charge in [-0.05, 0) is 42.0 Å². The Labute approximate surface area is 95.0 Å². The standard InChI is InChI=1S/C13H16O3/c1-8(13(14)15)11-5-3-9-7-10(16-2)4-6-12(9)11/h4,6-8,11H,3,5H2,1-2H3,(H,14,15)/t8-,11-/m0/s1. The van der Waals surface area contributed by atoms with Crippen molar-refractivity contribution in [1.82, 2.24) is 0 Å². The Morgan fingerprint density at radius 2 is 2.31 bits per heavy atom. The number of methoxy groups -OCH3 is 1. The third kappa shape index (κ3) is 1.77. The monoisotopic (exact) mass is 220 g/mol.